The lowest BCUT2D eigenvalue weighted by Gasteiger charge is -2.09. The predicted molar refractivity (Wildman–Crippen MR) is 65.3 cm³/mol. The zero-order valence-electron chi connectivity index (χ0n) is 9.84. The summed E-state index contributed by atoms with van der Waals surface area (Å²) in [6, 6.07) is 7.74. The number of aryl methyl sites for hydroxylation is 1. The van der Waals surface area contributed by atoms with Gasteiger partial charge in [0.2, 0.25) is 0 Å². The van der Waals surface area contributed by atoms with E-state index in [1.165, 1.54) is 0 Å². The van der Waals surface area contributed by atoms with Crippen LogP contribution in [-0.4, -0.2) is 28.6 Å². The number of hydrogen-bond acceptors (Lipinski definition) is 4. The molecule has 2 aromatic rings. The number of para-hydroxylation sites is 2. The van der Waals surface area contributed by atoms with Gasteiger partial charge in [0, 0.05) is 0 Å². The summed E-state index contributed by atoms with van der Waals surface area (Å²) in [5.41, 5.74) is 7.46. The summed E-state index contributed by atoms with van der Waals surface area (Å²) in [5.74, 6) is 0.784. The molecule has 0 amide bonds. The average Bonchev–Trinajstić information content (AvgIpc) is 2.84. The molecule has 17 heavy (non-hydrogen) atoms. The quantitative estimate of drug-likeness (QED) is 0.840. The van der Waals surface area contributed by atoms with Crippen molar-refractivity contribution < 1.29 is 4.74 Å². The second kappa shape index (κ2) is 5.45. The number of nitrogens with two attached hydrogens (primary N) is 1. The third-order valence-corrected chi connectivity index (χ3v) is 2.57. The Morgan fingerprint density at radius 1 is 1.35 bits per heavy atom. The van der Waals surface area contributed by atoms with Crippen LogP contribution >= 0.6 is 0 Å². The normalized spacial score (nSPS) is 10.5. The first kappa shape index (κ1) is 11.6. The minimum Gasteiger partial charge on any atom is -0.494 e. The van der Waals surface area contributed by atoms with Crippen LogP contribution in [-0.2, 0) is 6.42 Å². The molecule has 1 aromatic heterocycles. The van der Waals surface area contributed by atoms with Gasteiger partial charge in [-0.25, -0.2) is 4.68 Å². The van der Waals surface area contributed by atoms with Crippen molar-refractivity contribution in [3.05, 3.63) is 36.2 Å². The summed E-state index contributed by atoms with van der Waals surface area (Å²) < 4.78 is 7.12. The molecular weight excluding hydrogens is 216 g/mol. The van der Waals surface area contributed by atoms with E-state index in [0.29, 0.717) is 6.54 Å². The van der Waals surface area contributed by atoms with E-state index >= 15 is 0 Å². The van der Waals surface area contributed by atoms with Crippen molar-refractivity contribution >= 4 is 0 Å². The van der Waals surface area contributed by atoms with Crippen molar-refractivity contribution in [2.24, 2.45) is 5.73 Å². The van der Waals surface area contributed by atoms with Gasteiger partial charge in [-0.05, 0) is 31.5 Å². The monoisotopic (exact) mass is 232 g/mol. The molecule has 0 aliphatic rings. The van der Waals surface area contributed by atoms with Crippen LogP contribution in [0, 0.1) is 0 Å². The van der Waals surface area contributed by atoms with E-state index in [1.54, 1.807) is 18.0 Å². The molecule has 0 bridgehead atoms. The van der Waals surface area contributed by atoms with Crippen molar-refractivity contribution in [1.29, 1.82) is 0 Å². The Bertz CT molecular complexity index is 481. The lowest BCUT2D eigenvalue weighted by molar-refractivity contribution is 0.411. The zero-order chi connectivity index (χ0) is 12.1. The molecule has 90 valence electrons. The number of hydrogen-bond donors (Lipinski definition) is 1. The van der Waals surface area contributed by atoms with Crippen molar-refractivity contribution in [1.82, 2.24) is 15.0 Å². The van der Waals surface area contributed by atoms with Crippen LogP contribution in [0.25, 0.3) is 5.69 Å². The average molecular weight is 232 g/mol. The van der Waals surface area contributed by atoms with Crippen LogP contribution in [0.5, 0.6) is 5.75 Å². The van der Waals surface area contributed by atoms with Gasteiger partial charge in [-0.15, -0.1) is 5.10 Å². The van der Waals surface area contributed by atoms with E-state index in [2.05, 4.69) is 10.3 Å². The standard InChI is InChI=1S/C12H16N4O/c1-17-12-7-3-2-6-11(12)16-10(5-4-8-13)9-14-15-16/h2-3,6-7,9H,4-5,8,13H2,1H3. The largest absolute Gasteiger partial charge is 0.494 e. The minimum atomic E-state index is 0.664. The molecule has 5 heteroatoms. The van der Waals surface area contributed by atoms with Crippen LogP contribution in [0.4, 0.5) is 0 Å². The fourth-order valence-electron chi connectivity index (χ4n) is 1.72. The van der Waals surface area contributed by atoms with E-state index < -0.39 is 0 Å². The van der Waals surface area contributed by atoms with Crippen molar-refractivity contribution in [3.8, 4) is 11.4 Å². The summed E-state index contributed by atoms with van der Waals surface area (Å²) >= 11 is 0. The van der Waals surface area contributed by atoms with Gasteiger partial charge in [-0.1, -0.05) is 17.3 Å². The van der Waals surface area contributed by atoms with Crippen LogP contribution in [0.1, 0.15) is 12.1 Å². The van der Waals surface area contributed by atoms with Gasteiger partial charge in [0.25, 0.3) is 0 Å². The van der Waals surface area contributed by atoms with Gasteiger partial charge in [0.05, 0.1) is 19.0 Å². The van der Waals surface area contributed by atoms with Gasteiger partial charge in [0.15, 0.2) is 0 Å². The molecule has 1 aromatic carbocycles. The maximum Gasteiger partial charge on any atom is 0.144 e. The summed E-state index contributed by atoms with van der Waals surface area (Å²) in [5, 5.41) is 8.04. The lowest BCUT2D eigenvalue weighted by Crippen LogP contribution is -2.07. The Hall–Kier alpha value is -1.88. The topological polar surface area (TPSA) is 66.0 Å². The van der Waals surface area contributed by atoms with E-state index in [4.69, 9.17) is 10.5 Å². The van der Waals surface area contributed by atoms with Gasteiger partial charge < -0.3 is 10.5 Å². The Kier molecular flexibility index (Phi) is 3.72. The Labute approximate surface area is 100 Å². The molecule has 1 heterocycles. The minimum absolute atomic E-state index is 0.664. The Morgan fingerprint density at radius 3 is 2.94 bits per heavy atom. The molecule has 0 aliphatic carbocycles. The summed E-state index contributed by atoms with van der Waals surface area (Å²) in [4.78, 5) is 0. The van der Waals surface area contributed by atoms with Gasteiger partial charge >= 0.3 is 0 Å². The lowest BCUT2D eigenvalue weighted by atomic mass is 10.2. The number of methoxy groups -OCH3 is 1. The summed E-state index contributed by atoms with van der Waals surface area (Å²) in [7, 11) is 1.65. The number of nitrogens with zero attached hydrogens (tertiary/aromatic N) is 3. The van der Waals surface area contributed by atoms with Crippen LogP contribution < -0.4 is 10.5 Å². The molecule has 5 nitrogen and oxygen atoms in total. The predicted octanol–water partition coefficient (Wildman–Crippen LogP) is 1.17. The summed E-state index contributed by atoms with van der Waals surface area (Å²) in [6.45, 7) is 0.664. The van der Waals surface area contributed by atoms with Crippen LogP contribution in [0.3, 0.4) is 0 Å². The Balaban J connectivity index is 2.35. The van der Waals surface area contributed by atoms with E-state index in [1.807, 2.05) is 24.3 Å². The molecule has 0 saturated heterocycles. The third-order valence-electron chi connectivity index (χ3n) is 2.57. The number of benzene rings is 1. The van der Waals surface area contributed by atoms with Crippen molar-refractivity contribution in [3.63, 3.8) is 0 Å². The smallest absolute Gasteiger partial charge is 0.144 e. The highest BCUT2D eigenvalue weighted by Crippen LogP contribution is 2.22. The molecule has 0 fully saturated rings. The zero-order valence-corrected chi connectivity index (χ0v) is 9.84. The van der Waals surface area contributed by atoms with Crippen molar-refractivity contribution in [2.75, 3.05) is 13.7 Å². The fourth-order valence-corrected chi connectivity index (χ4v) is 1.72. The SMILES string of the molecule is COc1ccccc1-n1nncc1CCCN. The van der Waals surface area contributed by atoms with E-state index in [0.717, 1.165) is 30.0 Å². The maximum atomic E-state index is 5.52. The number of ether oxygens (including phenoxy) is 1. The molecular formula is C12H16N4O. The fraction of sp³-hybridized carbons (Fsp3) is 0.333. The second-order valence-corrected chi connectivity index (χ2v) is 3.70. The van der Waals surface area contributed by atoms with Gasteiger partial charge in [-0.2, -0.15) is 0 Å². The molecule has 2 N–H and O–H groups in total. The first-order chi connectivity index (χ1) is 8.36. The highest BCUT2D eigenvalue weighted by molar-refractivity contribution is 5.46. The van der Waals surface area contributed by atoms with Crippen LogP contribution in [0.2, 0.25) is 0 Å². The molecule has 2 rings (SSSR count). The highest BCUT2D eigenvalue weighted by atomic mass is 16.5. The van der Waals surface area contributed by atoms with Crippen LogP contribution in [0.15, 0.2) is 30.5 Å². The Morgan fingerprint density at radius 2 is 2.18 bits per heavy atom. The maximum absolute atomic E-state index is 5.52. The number of rotatable bonds is 5. The molecule has 0 spiro atoms. The molecule has 0 unspecified atom stereocenters. The molecule has 0 aliphatic heterocycles. The molecule has 0 saturated carbocycles. The number of aromatic nitrogens is 3. The van der Waals surface area contributed by atoms with Crippen molar-refractivity contribution in [2.45, 2.75) is 12.8 Å². The molecule has 0 radical (unpaired) electrons. The van der Waals surface area contributed by atoms with E-state index in [-0.39, 0.29) is 0 Å². The first-order valence-corrected chi connectivity index (χ1v) is 5.60. The second-order valence-electron chi connectivity index (χ2n) is 3.70. The summed E-state index contributed by atoms with van der Waals surface area (Å²) in [6.07, 6.45) is 3.55. The third kappa shape index (κ3) is 2.45. The highest BCUT2D eigenvalue weighted by Gasteiger charge is 2.09. The molecule has 0 atom stereocenters. The van der Waals surface area contributed by atoms with Gasteiger partial charge in [0.1, 0.15) is 11.4 Å². The van der Waals surface area contributed by atoms with E-state index in [9.17, 15) is 0 Å². The van der Waals surface area contributed by atoms with Gasteiger partial charge in [-0.3, -0.25) is 0 Å². The first-order valence-electron chi connectivity index (χ1n) is 5.60.